The topological polar surface area (TPSA) is 63.9 Å². The Balaban J connectivity index is 1.44. The summed E-state index contributed by atoms with van der Waals surface area (Å²) in [6, 6.07) is 12.0. The maximum Gasteiger partial charge on any atom is 0.227 e. The van der Waals surface area contributed by atoms with Crippen molar-refractivity contribution in [1.82, 2.24) is 24.4 Å². The van der Waals surface area contributed by atoms with Gasteiger partial charge in [-0.15, -0.1) is 11.3 Å². The fraction of sp³-hybridized carbons (Fsp3) is 0.238. The van der Waals surface area contributed by atoms with Gasteiger partial charge in [0, 0.05) is 31.7 Å². The number of carbonyl (C=O) groups excluding carboxylic acids is 1. The number of hydrogen-bond donors (Lipinski definition) is 0. The Morgan fingerprint density at radius 3 is 2.93 bits per heavy atom. The van der Waals surface area contributed by atoms with E-state index in [-0.39, 0.29) is 11.9 Å². The highest BCUT2D eigenvalue weighted by Crippen LogP contribution is 2.34. The van der Waals surface area contributed by atoms with Gasteiger partial charge in [0.1, 0.15) is 5.52 Å². The number of rotatable bonds is 4. The third-order valence-corrected chi connectivity index (χ3v) is 6.02. The van der Waals surface area contributed by atoms with Crippen LogP contribution < -0.4 is 0 Å². The number of aromatic nitrogens is 4. The minimum Gasteiger partial charge on any atom is -0.340 e. The van der Waals surface area contributed by atoms with Crippen LogP contribution in [0.15, 0.2) is 60.4 Å². The van der Waals surface area contributed by atoms with Gasteiger partial charge in [0.2, 0.25) is 5.91 Å². The van der Waals surface area contributed by atoms with Crippen molar-refractivity contribution in [2.24, 2.45) is 0 Å². The third-order valence-electron chi connectivity index (χ3n) is 5.15. The average Bonchev–Trinajstić information content (AvgIpc) is 3.46. The van der Waals surface area contributed by atoms with Crippen molar-refractivity contribution in [2.45, 2.75) is 18.9 Å². The second-order valence-corrected chi connectivity index (χ2v) is 7.90. The zero-order chi connectivity index (χ0) is 18.9. The van der Waals surface area contributed by atoms with E-state index in [9.17, 15) is 4.79 Å². The highest BCUT2D eigenvalue weighted by Gasteiger charge is 2.30. The van der Waals surface area contributed by atoms with E-state index < -0.39 is 0 Å². The molecule has 1 atom stereocenters. The SMILES string of the molecule is O=C(Cc1cccnc1)N1CCC(n2c(-c3cccs3)nc3cccnc32)C1. The molecule has 0 bridgehead atoms. The van der Waals surface area contributed by atoms with Crippen LogP contribution in [0.2, 0.25) is 0 Å². The maximum atomic E-state index is 12.8. The first kappa shape index (κ1) is 17.1. The van der Waals surface area contributed by atoms with Crippen molar-refractivity contribution in [1.29, 1.82) is 0 Å². The number of fused-ring (bicyclic) bond motifs is 1. The predicted molar refractivity (Wildman–Crippen MR) is 109 cm³/mol. The molecule has 0 saturated carbocycles. The van der Waals surface area contributed by atoms with Gasteiger partial charge >= 0.3 is 0 Å². The quantitative estimate of drug-likeness (QED) is 0.535. The Kier molecular flexibility index (Phi) is 4.37. The average molecular weight is 389 g/mol. The summed E-state index contributed by atoms with van der Waals surface area (Å²) < 4.78 is 2.22. The molecule has 140 valence electrons. The van der Waals surface area contributed by atoms with E-state index in [2.05, 4.69) is 26.0 Å². The molecular weight excluding hydrogens is 370 g/mol. The lowest BCUT2D eigenvalue weighted by Gasteiger charge is -2.18. The highest BCUT2D eigenvalue weighted by atomic mass is 32.1. The van der Waals surface area contributed by atoms with E-state index in [4.69, 9.17) is 4.98 Å². The fourth-order valence-corrected chi connectivity index (χ4v) is 4.53. The van der Waals surface area contributed by atoms with Gasteiger partial charge in [0.25, 0.3) is 0 Å². The molecule has 1 fully saturated rings. The molecule has 0 aliphatic carbocycles. The summed E-state index contributed by atoms with van der Waals surface area (Å²) in [5.74, 6) is 1.08. The van der Waals surface area contributed by atoms with Gasteiger partial charge in [0.05, 0.1) is 17.3 Å². The van der Waals surface area contributed by atoms with Crippen LogP contribution in [0.3, 0.4) is 0 Å². The van der Waals surface area contributed by atoms with E-state index in [1.807, 2.05) is 35.2 Å². The summed E-state index contributed by atoms with van der Waals surface area (Å²) >= 11 is 1.67. The molecule has 1 saturated heterocycles. The van der Waals surface area contributed by atoms with E-state index in [1.54, 1.807) is 29.9 Å². The molecule has 1 unspecified atom stereocenters. The maximum absolute atomic E-state index is 12.8. The molecule has 5 heterocycles. The van der Waals surface area contributed by atoms with E-state index in [0.717, 1.165) is 40.4 Å². The lowest BCUT2D eigenvalue weighted by atomic mass is 10.2. The van der Waals surface area contributed by atoms with Gasteiger partial charge in [-0.2, -0.15) is 0 Å². The molecule has 5 rings (SSSR count). The standard InChI is InChI=1S/C21H19N5OS/c27-19(12-15-4-1-8-22-13-15)25-10-7-16(14-25)26-20-17(5-2-9-23-20)24-21(26)18-6-3-11-28-18/h1-6,8-9,11,13,16H,7,10,12,14H2. The Hall–Kier alpha value is -3.06. The summed E-state index contributed by atoms with van der Waals surface area (Å²) in [6.45, 7) is 1.43. The lowest BCUT2D eigenvalue weighted by Crippen LogP contribution is -2.30. The highest BCUT2D eigenvalue weighted by molar-refractivity contribution is 7.13. The second kappa shape index (κ2) is 7.16. The van der Waals surface area contributed by atoms with Crippen molar-refractivity contribution in [2.75, 3.05) is 13.1 Å². The minimum absolute atomic E-state index is 0.144. The summed E-state index contributed by atoms with van der Waals surface area (Å²) in [6.07, 6.45) is 6.58. The molecule has 4 aromatic rings. The van der Waals surface area contributed by atoms with Crippen LogP contribution in [-0.4, -0.2) is 43.4 Å². The minimum atomic E-state index is 0.144. The number of nitrogens with zero attached hydrogens (tertiary/aromatic N) is 5. The van der Waals surface area contributed by atoms with Crippen LogP contribution >= 0.6 is 11.3 Å². The molecule has 6 nitrogen and oxygen atoms in total. The third kappa shape index (κ3) is 3.07. The van der Waals surface area contributed by atoms with Crippen LogP contribution in [0.4, 0.5) is 0 Å². The first-order valence-corrected chi connectivity index (χ1v) is 10.2. The smallest absolute Gasteiger partial charge is 0.227 e. The zero-order valence-electron chi connectivity index (χ0n) is 15.2. The number of hydrogen-bond acceptors (Lipinski definition) is 5. The molecule has 1 aliphatic rings. The Labute approximate surface area is 166 Å². The van der Waals surface area contributed by atoms with Gasteiger partial charge in [0.15, 0.2) is 11.5 Å². The van der Waals surface area contributed by atoms with Gasteiger partial charge < -0.3 is 9.47 Å². The Morgan fingerprint density at radius 2 is 2.11 bits per heavy atom. The molecule has 0 N–H and O–H groups in total. The monoisotopic (exact) mass is 389 g/mol. The number of thiophene rings is 1. The zero-order valence-corrected chi connectivity index (χ0v) is 16.0. The van der Waals surface area contributed by atoms with Crippen LogP contribution in [-0.2, 0) is 11.2 Å². The van der Waals surface area contributed by atoms with Gasteiger partial charge in [-0.1, -0.05) is 12.1 Å². The first-order valence-electron chi connectivity index (χ1n) is 9.33. The number of pyridine rings is 2. The van der Waals surface area contributed by atoms with Crippen LogP contribution in [0.1, 0.15) is 18.0 Å². The summed E-state index contributed by atoms with van der Waals surface area (Å²) in [5, 5.41) is 2.06. The van der Waals surface area contributed by atoms with Gasteiger partial charge in [-0.05, 0) is 41.6 Å². The van der Waals surface area contributed by atoms with Crippen molar-refractivity contribution in [3.05, 3.63) is 65.9 Å². The molecule has 28 heavy (non-hydrogen) atoms. The van der Waals surface area contributed by atoms with Crippen LogP contribution in [0.5, 0.6) is 0 Å². The van der Waals surface area contributed by atoms with Crippen LogP contribution in [0.25, 0.3) is 21.9 Å². The Bertz CT molecular complexity index is 1110. The van der Waals surface area contributed by atoms with Crippen LogP contribution in [0, 0.1) is 0 Å². The second-order valence-electron chi connectivity index (χ2n) is 6.95. The number of amides is 1. The first-order chi connectivity index (χ1) is 13.8. The normalized spacial score (nSPS) is 16.7. The van der Waals surface area contributed by atoms with Crippen molar-refractivity contribution in [3.8, 4) is 10.7 Å². The van der Waals surface area contributed by atoms with Crippen molar-refractivity contribution >= 4 is 28.4 Å². The predicted octanol–water partition coefficient (Wildman–Crippen LogP) is 3.57. The molecule has 7 heteroatoms. The summed E-state index contributed by atoms with van der Waals surface area (Å²) in [4.78, 5) is 29.4. The van der Waals surface area contributed by atoms with Crippen molar-refractivity contribution in [3.63, 3.8) is 0 Å². The summed E-state index contributed by atoms with van der Waals surface area (Å²) in [5.41, 5.74) is 2.73. The molecular formula is C21H19N5OS. The molecule has 0 spiro atoms. The number of imidazole rings is 1. The summed E-state index contributed by atoms with van der Waals surface area (Å²) in [7, 11) is 0. The molecule has 1 aliphatic heterocycles. The lowest BCUT2D eigenvalue weighted by molar-refractivity contribution is -0.129. The fourth-order valence-electron chi connectivity index (χ4n) is 3.82. The van der Waals surface area contributed by atoms with Crippen molar-refractivity contribution < 1.29 is 4.79 Å². The van der Waals surface area contributed by atoms with Gasteiger partial charge in [-0.25, -0.2) is 9.97 Å². The van der Waals surface area contributed by atoms with E-state index in [1.165, 1.54) is 0 Å². The van der Waals surface area contributed by atoms with E-state index >= 15 is 0 Å². The Morgan fingerprint density at radius 1 is 1.18 bits per heavy atom. The number of likely N-dealkylation sites (tertiary alicyclic amines) is 1. The number of carbonyl (C=O) groups is 1. The molecule has 1 amide bonds. The molecule has 0 aromatic carbocycles. The van der Waals surface area contributed by atoms with E-state index in [0.29, 0.717) is 13.0 Å². The largest absolute Gasteiger partial charge is 0.340 e. The molecule has 0 radical (unpaired) electrons. The molecule has 4 aromatic heterocycles. The van der Waals surface area contributed by atoms with Gasteiger partial charge in [-0.3, -0.25) is 9.78 Å².